The average molecular weight is 242 g/mol. The molecule has 1 aromatic carbocycles. The quantitative estimate of drug-likeness (QED) is 0.718. The smallest absolute Gasteiger partial charge is 0.167 e. The average Bonchev–Trinajstić information content (AvgIpc) is 2.62. The number of nitrogens with one attached hydrogen (secondary N) is 1. The SMILES string of the molecule is Cc1c(Cl)cc(F)c(O)c1-c1cc(N)n[nH]1. The highest BCUT2D eigenvalue weighted by atomic mass is 35.5. The van der Waals surface area contributed by atoms with Crippen LogP contribution < -0.4 is 5.73 Å². The van der Waals surface area contributed by atoms with Gasteiger partial charge in [-0.1, -0.05) is 11.6 Å². The number of aromatic amines is 1. The van der Waals surface area contributed by atoms with E-state index in [1.807, 2.05) is 0 Å². The lowest BCUT2D eigenvalue weighted by Gasteiger charge is -2.08. The molecule has 4 nitrogen and oxygen atoms in total. The van der Waals surface area contributed by atoms with Crippen LogP contribution in [0.2, 0.25) is 5.02 Å². The van der Waals surface area contributed by atoms with Gasteiger partial charge in [-0.25, -0.2) is 4.39 Å². The molecule has 0 spiro atoms. The summed E-state index contributed by atoms with van der Waals surface area (Å²) in [6.45, 7) is 1.67. The van der Waals surface area contributed by atoms with E-state index in [1.54, 1.807) is 6.92 Å². The number of hydrogen-bond donors (Lipinski definition) is 3. The van der Waals surface area contributed by atoms with Gasteiger partial charge in [0.2, 0.25) is 0 Å². The van der Waals surface area contributed by atoms with Crippen molar-refractivity contribution in [3.05, 3.63) is 28.5 Å². The van der Waals surface area contributed by atoms with Crippen LogP contribution in [0.5, 0.6) is 5.75 Å². The number of aromatic nitrogens is 2. The Bertz CT molecular complexity index is 527. The number of phenolic OH excluding ortho intramolecular Hbond substituents is 1. The molecular formula is C10H9ClFN3O. The molecule has 6 heteroatoms. The zero-order valence-electron chi connectivity index (χ0n) is 8.38. The summed E-state index contributed by atoms with van der Waals surface area (Å²) in [4.78, 5) is 0. The number of nitrogen functional groups attached to an aromatic ring is 1. The van der Waals surface area contributed by atoms with Gasteiger partial charge >= 0.3 is 0 Å². The Morgan fingerprint density at radius 1 is 1.50 bits per heavy atom. The number of H-pyrrole nitrogens is 1. The molecule has 16 heavy (non-hydrogen) atoms. The summed E-state index contributed by atoms with van der Waals surface area (Å²) in [6.07, 6.45) is 0. The molecule has 84 valence electrons. The molecule has 0 unspecified atom stereocenters. The van der Waals surface area contributed by atoms with Gasteiger partial charge in [0.1, 0.15) is 5.82 Å². The summed E-state index contributed by atoms with van der Waals surface area (Å²) < 4.78 is 13.3. The second kappa shape index (κ2) is 3.68. The van der Waals surface area contributed by atoms with E-state index in [0.717, 1.165) is 6.07 Å². The van der Waals surface area contributed by atoms with E-state index in [9.17, 15) is 9.50 Å². The Morgan fingerprint density at radius 2 is 2.19 bits per heavy atom. The highest BCUT2D eigenvalue weighted by Crippen LogP contribution is 2.37. The van der Waals surface area contributed by atoms with Crippen LogP contribution in [0.3, 0.4) is 0 Å². The normalized spacial score (nSPS) is 10.7. The third-order valence-electron chi connectivity index (χ3n) is 2.32. The number of halogens is 2. The zero-order chi connectivity index (χ0) is 11.9. The number of rotatable bonds is 1. The first kappa shape index (κ1) is 10.8. The molecule has 1 heterocycles. The third kappa shape index (κ3) is 1.59. The van der Waals surface area contributed by atoms with Crippen molar-refractivity contribution in [2.45, 2.75) is 6.92 Å². The molecule has 0 saturated carbocycles. The van der Waals surface area contributed by atoms with Crippen LogP contribution in [0.15, 0.2) is 12.1 Å². The van der Waals surface area contributed by atoms with Gasteiger partial charge in [0.05, 0.1) is 5.69 Å². The number of benzene rings is 1. The third-order valence-corrected chi connectivity index (χ3v) is 2.71. The van der Waals surface area contributed by atoms with E-state index in [-0.39, 0.29) is 16.4 Å². The highest BCUT2D eigenvalue weighted by molar-refractivity contribution is 6.31. The summed E-state index contributed by atoms with van der Waals surface area (Å²) in [7, 11) is 0. The minimum Gasteiger partial charge on any atom is -0.504 e. The van der Waals surface area contributed by atoms with Gasteiger partial charge in [-0.15, -0.1) is 0 Å². The van der Waals surface area contributed by atoms with Crippen LogP contribution in [0, 0.1) is 12.7 Å². The molecule has 0 amide bonds. The predicted octanol–water partition coefficient (Wildman–Crippen LogP) is 2.47. The molecule has 0 saturated heterocycles. The van der Waals surface area contributed by atoms with E-state index in [4.69, 9.17) is 17.3 Å². The molecule has 1 aromatic heterocycles. The molecule has 0 bridgehead atoms. The minimum absolute atomic E-state index is 0.235. The van der Waals surface area contributed by atoms with Crippen LogP contribution in [0.1, 0.15) is 5.56 Å². The Balaban J connectivity index is 2.73. The maximum atomic E-state index is 13.3. The van der Waals surface area contributed by atoms with Gasteiger partial charge in [0, 0.05) is 16.7 Å². The number of phenols is 1. The fraction of sp³-hybridized carbons (Fsp3) is 0.100. The van der Waals surface area contributed by atoms with Gasteiger partial charge < -0.3 is 10.8 Å². The van der Waals surface area contributed by atoms with Crippen molar-refractivity contribution < 1.29 is 9.50 Å². The molecule has 2 rings (SSSR count). The van der Waals surface area contributed by atoms with Crippen LogP contribution in [0.4, 0.5) is 10.2 Å². The molecule has 0 radical (unpaired) electrons. The summed E-state index contributed by atoms with van der Waals surface area (Å²) in [5.74, 6) is -0.987. The fourth-order valence-corrected chi connectivity index (χ4v) is 1.69. The van der Waals surface area contributed by atoms with Gasteiger partial charge in [0.15, 0.2) is 11.6 Å². The second-order valence-corrected chi connectivity index (χ2v) is 3.80. The number of nitrogens with two attached hydrogens (primary N) is 1. The first-order chi connectivity index (χ1) is 7.50. The molecule has 0 aliphatic heterocycles. The van der Waals surface area contributed by atoms with Gasteiger partial charge in [-0.2, -0.15) is 5.10 Å². The number of anilines is 1. The lowest BCUT2D eigenvalue weighted by atomic mass is 10.0. The van der Waals surface area contributed by atoms with Crippen molar-refractivity contribution >= 4 is 17.4 Å². The van der Waals surface area contributed by atoms with Gasteiger partial charge in [-0.3, -0.25) is 5.10 Å². The molecule has 0 aliphatic rings. The van der Waals surface area contributed by atoms with Crippen molar-refractivity contribution in [2.75, 3.05) is 5.73 Å². The number of aromatic hydroxyl groups is 1. The Morgan fingerprint density at radius 3 is 2.75 bits per heavy atom. The van der Waals surface area contributed by atoms with Crippen molar-refractivity contribution in [2.24, 2.45) is 0 Å². The Labute approximate surface area is 95.9 Å². The van der Waals surface area contributed by atoms with Crippen LogP contribution >= 0.6 is 11.6 Å². The first-order valence-electron chi connectivity index (χ1n) is 4.49. The van der Waals surface area contributed by atoms with E-state index in [1.165, 1.54) is 6.07 Å². The van der Waals surface area contributed by atoms with Gasteiger partial charge in [-0.05, 0) is 18.6 Å². The largest absolute Gasteiger partial charge is 0.504 e. The fourth-order valence-electron chi connectivity index (χ4n) is 1.50. The van der Waals surface area contributed by atoms with Crippen LogP contribution in [-0.2, 0) is 0 Å². The summed E-state index contributed by atoms with van der Waals surface area (Å²) in [5.41, 5.74) is 6.70. The Kier molecular flexibility index (Phi) is 2.47. The maximum absolute atomic E-state index is 13.3. The molecular weight excluding hydrogens is 233 g/mol. The van der Waals surface area contributed by atoms with Gasteiger partial charge in [0.25, 0.3) is 0 Å². The lowest BCUT2D eigenvalue weighted by Crippen LogP contribution is -1.90. The number of hydrogen-bond acceptors (Lipinski definition) is 3. The molecule has 0 aliphatic carbocycles. The summed E-state index contributed by atoms with van der Waals surface area (Å²) in [5, 5.41) is 16.2. The predicted molar refractivity (Wildman–Crippen MR) is 59.8 cm³/mol. The van der Waals surface area contributed by atoms with Crippen molar-refractivity contribution in [3.8, 4) is 17.0 Å². The van der Waals surface area contributed by atoms with E-state index < -0.39 is 11.6 Å². The Hall–Kier alpha value is -1.75. The van der Waals surface area contributed by atoms with E-state index >= 15 is 0 Å². The lowest BCUT2D eigenvalue weighted by molar-refractivity contribution is 0.434. The first-order valence-corrected chi connectivity index (χ1v) is 4.87. The van der Waals surface area contributed by atoms with Crippen molar-refractivity contribution in [1.82, 2.24) is 10.2 Å². The maximum Gasteiger partial charge on any atom is 0.167 e. The topological polar surface area (TPSA) is 74.9 Å². The standard InChI is InChI=1S/C10H9ClFN3O/c1-4-5(11)2-6(12)10(16)9(4)7-3-8(13)15-14-7/h2-3,16H,1H3,(H3,13,14,15). The van der Waals surface area contributed by atoms with Crippen LogP contribution in [-0.4, -0.2) is 15.3 Å². The molecule has 0 fully saturated rings. The molecule has 0 atom stereocenters. The van der Waals surface area contributed by atoms with E-state index in [0.29, 0.717) is 11.3 Å². The minimum atomic E-state index is -0.779. The molecule has 2 aromatic rings. The summed E-state index contributed by atoms with van der Waals surface area (Å²) >= 11 is 5.83. The number of nitrogens with zero attached hydrogens (tertiary/aromatic N) is 1. The van der Waals surface area contributed by atoms with Crippen molar-refractivity contribution in [3.63, 3.8) is 0 Å². The molecule has 4 N–H and O–H groups in total. The second-order valence-electron chi connectivity index (χ2n) is 3.40. The summed E-state index contributed by atoms with van der Waals surface area (Å²) in [6, 6.07) is 2.56. The van der Waals surface area contributed by atoms with Crippen molar-refractivity contribution in [1.29, 1.82) is 0 Å². The monoisotopic (exact) mass is 241 g/mol. The van der Waals surface area contributed by atoms with Crippen LogP contribution in [0.25, 0.3) is 11.3 Å². The highest BCUT2D eigenvalue weighted by Gasteiger charge is 2.17. The zero-order valence-corrected chi connectivity index (χ0v) is 9.14. The van der Waals surface area contributed by atoms with E-state index in [2.05, 4.69) is 10.2 Å².